The summed E-state index contributed by atoms with van der Waals surface area (Å²) in [6.07, 6.45) is 3.18. The van der Waals surface area contributed by atoms with Crippen LogP contribution in [0.2, 0.25) is 0 Å². The van der Waals surface area contributed by atoms with Gasteiger partial charge in [0, 0.05) is 28.9 Å². The molecule has 4 heteroatoms. The van der Waals surface area contributed by atoms with E-state index in [1.807, 2.05) is 0 Å². The van der Waals surface area contributed by atoms with Gasteiger partial charge in [0.15, 0.2) is 0 Å². The van der Waals surface area contributed by atoms with Crippen molar-refractivity contribution in [2.75, 3.05) is 13.2 Å². The Labute approximate surface area is 96.6 Å². The van der Waals surface area contributed by atoms with Crippen LogP contribution in [-0.4, -0.2) is 18.8 Å². The van der Waals surface area contributed by atoms with Crippen LogP contribution in [0, 0.1) is 0 Å². The van der Waals surface area contributed by atoms with Crippen LogP contribution in [-0.2, 0) is 11.2 Å². The van der Waals surface area contributed by atoms with Crippen LogP contribution in [0.3, 0.4) is 0 Å². The Balaban J connectivity index is 2.12. The minimum atomic E-state index is -0.0899. The standard InChI is InChI=1S/C10H14BrNOS/c11-8-2-5-14-9(8)6-10(7-12)3-1-4-13-10/h2,5H,1,3-4,6-7,12H2. The molecule has 1 unspecified atom stereocenters. The van der Waals surface area contributed by atoms with Crippen LogP contribution in [0.4, 0.5) is 0 Å². The monoisotopic (exact) mass is 275 g/mol. The fourth-order valence-electron chi connectivity index (χ4n) is 1.87. The number of thiophene rings is 1. The fourth-order valence-corrected chi connectivity index (χ4v) is 3.49. The number of hydrogen-bond acceptors (Lipinski definition) is 3. The summed E-state index contributed by atoms with van der Waals surface area (Å²) in [7, 11) is 0. The second kappa shape index (κ2) is 4.31. The molecule has 2 nitrogen and oxygen atoms in total. The van der Waals surface area contributed by atoms with Crippen molar-refractivity contribution in [1.82, 2.24) is 0 Å². The Bertz CT molecular complexity index is 307. The average Bonchev–Trinajstić information content (AvgIpc) is 2.79. The van der Waals surface area contributed by atoms with Gasteiger partial charge in [-0.05, 0) is 40.2 Å². The largest absolute Gasteiger partial charge is 0.373 e. The van der Waals surface area contributed by atoms with Crippen LogP contribution in [0.15, 0.2) is 15.9 Å². The zero-order valence-electron chi connectivity index (χ0n) is 7.96. The van der Waals surface area contributed by atoms with Crippen molar-refractivity contribution in [2.24, 2.45) is 5.73 Å². The molecule has 0 spiro atoms. The smallest absolute Gasteiger partial charge is 0.0853 e. The summed E-state index contributed by atoms with van der Waals surface area (Å²) in [4.78, 5) is 1.34. The van der Waals surface area contributed by atoms with Crippen molar-refractivity contribution < 1.29 is 4.74 Å². The number of rotatable bonds is 3. The summed E-state index contributed by atoms with van der Waals surface area (Å²) < 4.78 is 6.96. The Morgan fingerprint density at radius 1 is 1.64 bits per heavy atom. The van der Waals surface area contributed by atoms with Crippen molar-refractivity contribution >= 4 is 27.3 Å². The van der Waals surface area contributed by atoms with Crippen LogP contribution < -0.4 is 5.73 Å². The predicted octanol–water partition coefficient (Wildman–Crippen LogP) is 2.56. The molecule has 0 aliphatic carbocycles. The van der Waals surface area contributed by atoms with Crippen molar-refractivity contribution in [1.29, 1.82) is 0 Å². The normalized spacial score (nSPS) is 27.0. The highest BCUT2D eigenvalue weighted by Crippen LogP contribution is 2.33. The molecule has 1 aliphatic heterocycles. The van der Waals surface area contributed by atoms with E-state index in [0.717, 1.165) is 25.9 Å². The lowest BCUT2D eigenvalue weighted by Gasteiger charge is -2.26. The molecule has 78 valence electrons. The molecule has 2 N–H and O–H groups in total. The second-order valence-electron chi connectivity index (χ2n) is 3.71. The molecule has 0 bridgehead atoms. The molecule has 1 aromatic heterocycles. The predicted molar refractivity (Wildman–Crippen MR) is 62.7 cm³/mol. The van der Waals surface area contributed by atoms with E-state index in [9.17, 15) is 0 Å². The first-order chi connectivity index (χ1) is 6.76. The van der Waals surface area contributed by atoms with E-state index < -0.39 is 0 Å². The molecule has 0 amide bonds. The van der Waals surface area contributed by atoms with Gasteiger partial charge in [0.05, 0.1) is 5.60 Å². The van der Waals surface area contributed by atoms with Crippen molar-refractivity contribution in [3.8, 4) is 0 Å². The summed E-state index contributed by atoms with van der Waals surface area (Å²) >= 11 is 5.31. The zero-order chi connectivity index (χ0) is 10.0. The maximum absolute atomic E-state index is 5.80. The summed E-state index contributed by atoms with van der Waals surface area (Å²) in [5, 5.41) is 2.10. The van der Waals surface area contributed by atoms with E-state index >= 15 is 0 Å². The van der Waals surface area contributed by atoms with Crippen LogP contribution in [0.5, 0.6) is 0 Å². The Kier molecular flexibility index (Phi) is 3.27. The molecule has 2 heterocycles. The van der Waals surface area contributed by atoms with E-state index in [1.54, 1.807) is 11.3 Å². The molecule has 1 saturated heterocycles. The molecule has 14 heavy (non-hydrogen) atoms. The van der Waals surface area contributed by atoms with E-state index in [0.29, 0.717) is 6.54 Å². The maximum atomic E-state index is 5.80. The van der Waals surface area contributed by atoms with E-state index in [1.165, 1.54) is 9.35 Å². The molecule has 0 aromatic carbocycles. The number of halogens is 1. The fraction of sp³-hybridized carbons (Fsp3) is 0.600. The Hall–Kier alpha value is 0.1000. The maximum Gasteiger partial charge on any atom is 0.0853 e. The van der Waals surface area contributed by atoms with Gasteiger partial charge < -0.3 is 10.5 Å². The van der Waals surface area contributed by atoms with Crippen molar-refractivity contribution in [3.05, 3.63) is 20.8 Å². The van der Waals surface area contributed by atoms with Gasteiger partial charge in [0.25, 0.3) is 0 Å². The van der Waals surface area contributed by atoms with Gasteiger partial charge in [0.1, 0.15) is 0 Å². The Morgan fingerprint density at radius 3 is 3.00 bits per heavy atom. The van der Waals surface area contributed by atoms with Crippen molar-refractivity contribution in [2.45, 2.75) is 24.9 Å². The second-order valence-corrected chi connectivity index (χ2v) is 5.56. The van der Waals surface area contributed by atoms with Crippen LogP contribution in [0.1, 0.15) is 17.7 Å². The summed E-state index contributed by atoms with van der Waals surface area (Å²) in [6, 6.07) is 2.08. The third-order valence-corrected chi connectivity index (χ3v) is 4.66. The number of hydrogen-bond donors (Lipinski definition) is 1. The highest BCUT2D eigenvalue weighted by atomic mass is 79.9. The SMILES string of the molecule is NCC1(Cc2sccc2Br)CCCO1. The topological polar surface area (TPSA) is 35.2 Å². The van der Waals surface area contributed by atoms with Crippen molar-refractivity contribution in [3.63, 3.8) is 0 Å². The molecule has 1 aliphatic rings. The first-order valence-corrected chi connectivity index (χ1v) is 6.49. The molecule has 0 radical (unpaired) electrons. The molecule has 1 atom stereocenters. The lowest BCUT2D eigenvalue weighted by Crippen LogP contribution is -2.39. The number of nitrogens with two attached hydrogens (primary N) is 1. The molecule has 1 aromatic rings. The van der Waals surface area contributed by atoms with Gasteiger partial charge in [-0.2, -0.15) is 0 Å². The van der Waals surface area contributed by atoms with E-state index in [4.69, 9.17) is 10.5 Å². The van der Waals surface area contributed by atoms with Gasteiger partial charge in [-0.15, -0.1) is 11.3 Å². The van der Waals surface area contributed by atoms with Gasteiger partial charge >= 0.3 is 0 Å². The molecule has 1 fully saturated rings. The van der Waals surface area contributed by atoms with Gasteiger partial charge in [-0.25, -0.2) is 0 Å². The molecular weight excluding hydrogens is 262 g/mol. The molecular formula is C10H14BrNOS. The summed E-state index contributed by atoms with van der Waals surface area (Å²) in [5.41, 5.74) is 5.71. The minimum absolute atomic E-state index is 0.0899. The first kappa shape index (κ1) is 10.6. The lowest BCUT2D eigenvalue weighted by atomic mass is 9.95. The van der Waals surface area contributed by atoms with Gasteiger partial charge in [0.2, 0.25) is 0 Å². The van der Waals surface area contributed by atoms with Crippen LogP contribution in [0.25, 0.3) is 0 Å². The summed E-state index contributed by atoms with van der Waals surface area (Å²) in [6.45, 7) is 1.48. The van der Waals surface area contributed by atoms with E-state index in [-0.39, 0.29) is 5.60 Å². The molecule has 0 saturated carbocycles. The highest BCUT2D eigenvalue weighted by Gasteiger charge is 2.34. The third-order valence-electron chi connectivity index (χ3n) is 2.73. The Morgan fingerprint density at radius 2 is 2.50 bits per heavy atom. The van der Waals surface area contributed by atoms with Gasteiger partial charge in [-0.1, -0.05) is 0 Å². The molecule has 2 rings (SSSR count). The average molecular weight is 276 g/mol. The lowest BCUT2D eigenvalue weighted by molar-refractivity contribution is 0.0127. The third kappa shape index (κ3) is 2.03. The van der Waals surface area contributed by atoms with Crippen LogP contribution >= 0.6 is 27.3 Å². The van der Waals surface area contributed by atoms with E-state index in [2.05, 4.69) is 27.4 Å². The first-order valence-electron chi connectivity index (χ1n) is 4.82. The summed E-state index contributed by atoms with van der Waals surface area (Å²) in [5.74, 6) is 0. The minimum Gasteiger partial charge on any atom is -0.373 e. The zero-order valence-corrected chi connectivity index (χ0v) is 10.4. The van der Waals surface area contributed by atoms with Gasteiger partial charge in [-0.3, -0.25) is 0 Å². The highest BCUT2D eigenvalue weighted by molar-refractivity contribution is 9.10. The quantitative estimate of drug-likeness (QED) is 0.920. The number of ether oxygens (including phenoxy) is 1.